The zero-order chi connectivity index (χ0) is 13.3. The lowest BCUT2D eigenvalue weighted by molar-refractivity contribution is 0.0545. The molecule has 2 unspecified atom stereocenters. The lowest BCUT2D eigenvalue weighted by atomic mass is 9.88. The summed E-state index contributed by atoms with van der Waals surface area (Å²) in [6.45, 7) is 8.37. The fourth-order valence-electron chi connectivity index (χ4n) is 2.83. The Morgan fingerprint density at radius 1 is 1.28 bits per heavy atom. The van der Waals surface area contributed by atoms with Gasteiger partial charge in [-0.15, -0.1) is 0 Å². The summed E-state index contributed by atoms with van der Waals surface area (Å²) in [6, 6.07) is 2.27. The highest BCUT2D eigenvalue weighted by atomic mass is 79.9. The third kappa shape index (κ3) is 2.83. The molecule has 1 saturated heterocycles. The van der Waals surface area contributed by atoms with Crippen LogP contribution in [0.5, 0.6) is 0 Å². The van der Waals surface area contributed by atoms with Gasteiger partial charge in [0.2, 0.25) is 0 Å². The van der Waals surface area contributed by atoms with Gasteiger partial charge >= 0.3 is 0 Å². The molecule has 2 atom stereocenters. The molecule has 0 saturated carbocycles. The topological polar surface area (TPSA) is 9.23 Å². The smallest absolute Gasteiger partial charge is 0.0508 e. The zero-order valence-electron chi connectivity index (χ0n) is 11.2. The summed E-state index contributed by atoms with van der Waals surface area (Å²) in [5, 5.41) is 0. The van der Waals surface area contributed by atoms with Crippen molar-refractivity contribution >= 4 is 31.9 Å². The Labute approximate surface area is 127 Å². The first-order chi connectivity index (χ1) is 8.52. The predicted octanol–water partition coefficient (Wildman–Crippen LogP) is 5.24. The minimum atomic E-state index is 0.398. The molecule has 0 bridgehead atoms. The molecule has 1 fully saturated rings. The molecule has 1 aliphatic heterocycles. The third-order valence-corrected chi connectivity index (χ3v) is 6.25. The maximum absolute atomic E-state index is 5.62. The van der Waals surface area contributed by atoms with E-state index in [1.807, 2.05) is 0 Å². The fourth-order valence-corrected chi connectivity index (χ4v) is 4.28. The first-order valence-corrected chi connectivity index (χ1v) is 8.21. The molecule has 1 aromatic rings. The molecule has 100 valence electrons. The lowest BCUT2D eigenvalue weighted by Gasteiger charge is -2.29. The van der Waals surface area contributed by atoms with E-state index in [1.165, 1.54) is 39.6 Å². The van der Waals surface area contributed by atoms with Gasteiger partial charge in [-0.25, -0.2) is 0 Å². The normalized spacial score (nSPS) is 21.9. The van der Waals surface area contributed by atoms with E-state index in [1.54, 1.807) is 0 Å². The van der Waals surface area contributed by atoms with Crippen LogP contribution in [-0.2, 0) is 4.74 Å². The van der Waals surface area contributed by atoms with E-state index in [2.05, 4.69) is 58.7 Å². The van der Waals surface area contributed by atoms with Crippen molar-refractivity contribution in [3.8, 4) is 0 Å². The number of benzene rings is 1. The average Bonchev–Trinajstić information content (AvgIpc) is 2.37. The van der Waals surface area contributed by atoms with Gasteiger partial charge in [0.15, 0.2) is 0 Å². The minimum absolute atomic E-state index is 0.398. The first-order valence-electron chi connectivity index (χ1n) is 6.50. The molecule has 1 nitrogen and oxygen atoms in total. The van der Waals surface area contributed by atoms with E-state index in [9.17, 15) is 0 Å². The van der Waals surface area contributed by atoms with E-state index < -0.39 is 0 Å². The van der Waals surface area contributed by atoms with Gasteiger partial charge in [-0.3, -0.25) is 0 Å². The van der Waals surface area contributed by atoms with Crippen molar-refractivity contribution in [3.63, 3.8) is 0 Å². The Kier molecular flexibility index (Phi) is 4.90. The van der Waals surface area contributed by atoms with Crippen molar-refractivity contribution in [2.75, 3.05) is 13.2 Å². The van der Waals surface area contributed by atoms with Crippen molar-refractivity contribution in [2.24, 2.45) is 5.92 Å². The Morgan fingerprint density at radius 3 is 2.61 bits per heavy atom. The number of ether oxygens (including phenoxy) is 1. The molecule has 2 rings (SSSR count). The van der Waals surface area contributed by atoms with Gasteiger partial charge in [-0.2, -0.15) is 0 Å². The Balaban J connectivity index is 2.34. The van der Waals surface area contributed by atoms with E-state index in [0.29, 0.717) is 10.7 Å². The van der Waals surface area contributed by atoms with Crippen LogP contribution in [0, 0.1) is 26.7 Å². The molecule has 1 aliphatic rings. The minimum Gasteiger partial charge on any atom is -0.381 e. The summed E-state index contributed by atoms with van der Waals surface area (Å²) in [7, 11) is 0. The number of aryl methyl sites for hydroxylation is 2. The quantitative estimate of drug-likeness (QED) is 0.642. The number of hydrogen-bond acceptors (Lipinski definition) is 1. The van der Waals surface area contributed by atoms with Crippen LogP contribution in [0.15, 0.2) is 10.5 Å². The molecule has 0 spiro atoms. The molecule has 0 radical (unpaired) electrons. The van der Waals surface area contributed by atoms with Gasteiger partial charge in [0.25, 0.3) is 0 Å². The van der Waals surface area contributed by atoms with Crippen molar-refractivity contribution in [1.29, 1.82) is 0 Å². The number of hydrogen-bond donors (Lipinski definition) is 0. The van der Waals surface area contributed by atoms with Crippen LogP contribution in [-0.4, -0.2) is 13.2 Å². The molecule has 18 heavy (non-hydrogen) atoms. The number of rotatable bonds is 2. The average molecular weight is 376 g/mol. The highest BCUT2D eigenvalue weighted by Crippen LogP contribution is 2.41. The van der Waals surface area contributed by atoms with Crippen LogP contribution < -0.4 is 0 Å². The summed E-state index contributed by atoms with van der Waals surface area (Å²) < 4.78 is 6.86. The van der Waals surface area contributed by atoms with Crippen molar-refractivity contribution in [3.05, 3.63) is 32.8 Å². The highest BCUT2D eigenvalue weighted by molar-refractivity contribution is 9.10. The summed E-state index contributed by atoms with van der Waals surface area (Å²) in [6.07, 6.45) is 2.43. The monoisotopic (exact) mass is 374 g/mol. The van der Waals surface area contributed by atoms with Gasteiger partial charge in [0.1, 0.15) is 0 Å². The molecular formula is C15H20Br2O. The molecule has 1 aromatic carbocycles. The molecule has 0 amide bonds. The second-order valence-corrected chi connectivity index (χ2v) is 7.02. The fraction of sp³-hybridized carbons (Fsp3) is 0.600. The van der Waals surface area contributed by atoms with Crippen LogP contribution in [0.25, 0.3) is 0 Å². The Morgan fingerprint density at radius 2 is 2.00 bits per heavy atom. The van der Waals surface area contributed by atoms with E-state index in [-0.39, 0.29) is 0 Å². The van der Waals surface area contributed by atoms with Crippen LogP contribution >= 0.6 is 31.9 Å². The second kappa shape index (κ2) is 6.06. The summed E-state index contributed by atoms with van der Waals surface area (Å²) in [5.41, 5.74) is 5.48. The van der Waals surface area contributed by atoms with E-state index >= 15 is 0 Å². The molecule has 3 heteroatoms. The molecule has 0 aromatic heterocycles. The zero-order valence-corrected chi connectivity index (χ0v) is 14.4. The van der Waals surface area contributed by atoms with Crippen molar-refractivity contribution < 1.29 is 4.74 Å². The molecule has 1 heterocycles. The van der Waals surface area contributed by atoms with Gasteiger partial charge < -0.3 is 4.74 Å². The van der Waals surface area contributed by atoms with E-state index in [4.69, 9.17) is 4.74 Å². The molecular weight excluding hydrogens is 356 g/mol. The van der Waals surface area contributed by atoms with Gasteiger partial charge in [-0.1, -0.05) is 37.9 Å². The van der Waals surface area contributed by atoms with Crippen LogP contribution in [0.2, 0.25) is 0 Å². The summed E-state index contributed by atoms with van der Waals surface area (Å²) >= 11 is 7.61. The second-order valence-electron chi connectivity index (χ2n) is 5.24. The van der Waals surface area contributed by atoms with E-state index in [0.717, 1.165) is 13.2 Å². The summed E-state index contributed by atoms with van der Waals surface area (Å²) in [4.78, 5) is 0.398. The standard InChI is InChI=1S/C15H20Br2O/c1-9-7-10(2)14(16)11(3)13(9)15(17)12-5-4-6-18-8-12/h7,12,15H,4-6,8H2,1-3H3. The molecule has 0 aliphatic carbocycles. The van der Waals surface area contributed by atoms with Crippen LogP contribution in [0.4, 0.5) is 0 Å². The van der Waals surface area contributed by atoms with Crippen molar-refractivity contribution in [2.45, 2.75) is 38.4 Å². The Bertz CT molecular complexity index is 437. The highest BCUT2D eigenvalue weighted by Gasteiger charge is 2.26. The predicted molar refractivity (Wildman–Crippen MR) is 83.6 cm³/mol. The van der Waals surface area contributed by atoms with Gasteiger partial charge in [-0.05, 0) is 61.8 Å². The lowest BCUT2D eigenvalue weighted by Crippen LogP contribution is -2.22. The maximum atomic E-state index is 5.62. The van der Waals surface area contributed by atoms with Gasteiger partial charge in [0, 0.05) is 15.9 Å². The van der Waals surface area contributed by atoms with Crippen LogP contribution in [0.3, 0.4) is 0 Å². The first kappa shape index (κ1) is 14.5. The van der Waals surface area contributed by atoms with Crippen LogP contribution in [0.1, 0.15) is 39.9 Å². The number of alkyl halides is 1. The summed E-state index contributed by atoms with van der Waals surface area (Å²) in [5.74, 6) is 0.589. The number of halogens is 2. The Hall–Kier alpha value is 0.140. The SMILES string of the molecule is Cc1cc(C)c(C(Br)C2CCCOC2)c(C)c1Br. The van der Waals surface area contributed by atoms with Crippen molar-refractivity contribution in [1.82, 2.24) is 0 Å². The maximum Gasteiger partial charge on any atom is 0.0508 e. The largest absolute Gasteiger partial charge is 0.381 e. The third-order valence-electron chi connectivity index (χ3n) is 3.82. The molecule has 0 N–H and O–H groups in total. The van der Waals surface area contributed by atoms with Gasteiger partial charge in [0.05, 0.1) is 6.61 Å².